The molecule has 22 heavy (non-hydrogen) atoms. The van der Waals surface area contributed by atoms with Crippen LogP contribution < -0.4 is 10.0 Å². The second-order valence-corrected chi connectivity index (χ2v) is 10.0. The molecule has 1 heterocycles. The lowest BCUT2D eigenvalue weighted by atomic mass is 9.89. The van der Waals surface area contributed by atoms with Crippen molar-refractivity contribution in [2.24, 2.45) is 17.3 Å². The normalized spacial score (nSPS) is 29.5. The minimum absolute atomic E-state index is 0.0856. The van der Waals surface area contributed by atoms with Crippen LogP contribution in [0, 0.1) is 17.3 Å². The van der Waals surface area contributed by atoms with Gasteiger partial charge in [-0.1, -0.05) is 11.7 Å². The predicted molar refractivity (Wildman–Crippen MR) is 92.9 cm³/mol. The van der Waals surface area contributed by atoms with Crippen molar-refractivity contribution >= 4 is 38.6 Å². The van der Waals surface area contributed by atoms with Gasteiger partial charge in [-0.2, -0.15) is 0 Å². The molecule has 1 aliphatic heterocycles. The molecule has 0 unspecified atom stereocenters. The number of carbonyl (C=O) groups is 1. The van der Waals surface area contributed by atoms with Crippen LogP contribution in [0.15, 0.2) is 0 Å². The number of hydrogen-bond donors (Lipinski definition) is 3. The third kappa shape index (κ3) is 4.53. The van der Waals surface area contributed by atoms with Crippen molar-refractivity contribution in [2.75, 3.05) is 25.9 Å². The zero-order valence-electron chi connectivity index (χ0n) is 13.2. The van der Waals surface area contributed by atoms with E-state index in [1.165, 1.54) is 11.0 Å². The van der Waals surface area contributed by atoms with Crippen LogP contribution in [0.3, 0.4) is 0 Å². The van der Waals surface area contributed by atoms with Crippen LogP contribution in [0.25, 0.3) is 0 Å². The second-order valence-electron chi connectivity index (χ2n) is 7.00. The van der Waals surface area contributed by atoms with Crippen molar-refractivity contribution in [2.45, 2.75) is 32.7 Å². The Morgan fingerprint density at radius 1 is 1.32 bits per heavy atom. The average Bonchev–Trinajstić information content (AvgIpc) is 2.66. The first-order valence-corrected chi connectivity index (χ1v) is 11.2. The first-order valence-electron chi connectivity index (χ1n) is 7.44. The van der Waals surface area contributed by atoms with E-state index in [9.17, 15) is 13.2 Å². The monoisotopic (exact) mass is 367 g/mol. The van der Waals surface area contributed by atoms with Gasteiger partial charge < -0.3 is 5.32 Å². The van der Waals surface area contributed by atoms with Crippen molar-refractivity contribution in [3.8, 4) is 0 Å². The molecule has 0 radical (unpaired) electrons. The first-order chi connectivity index (χ1) is 10.1. The lowest BCUT2D eigenvalue weighted by molar-refractivity contribution is -0.130. The summed E-state index contributed by atoms with van der Waals surface area (Å²) in [5.74, 6) is 0.833. The van der Waals surface area contributed by atoms with Gasteiger partial charge in [-0.25, -0.2) is 17.4 Å². The number of hydrogen-bond acceptors (Lipinski definition) is 6. The van der Waals surface area contributed by atoms with Gasteiger partial charge in [0, 0.05) is 25.7 Å². The van der Waals surface area contributed by atoms with Gasteiger partial charge in [0.15, 0.2) is 0 Å². The highest BCUT2D eigenvalue weighted by Crippen LogP contribution is 2.40. The Balaban J connectivity index is 1.94. The van der Waals surface area contributed by atoms with E-state index in [1.807, 2.05) is 0 Å². The van der Waals surface area contributed by atoms with Gasteiger partial charge >= 0.3 is 0 Å². The number of thiol groups is 1. The molecule has 2 bridgehead atoms. The third-order valence-electron chi connectivity index (χ3n) is 4.60. The summed E-state index contributed by atoms with van der Waals surface area (Å²) in [7, 11) is -1.82. The van der Waals surface area contributed by atoms with Crippen LogP contribution in [-0.2, 0) is 14.8 Å². The second kappa shape index (κ2) is 6.88. The van der Waals surface area contributed by atoms with Gasteiger partial charge in [0.25, 0.3) is 0 Å². The molecule has 6 nitrogen and oxygen atoms in total. The molecule has 128 valence electrons. The molecular formula is C13H25N3O3S3. The number of sulfonamides is 1. The number of amides is 1. The van der Waals surface area contributed by atoms with Gasteiger partial charge in [0.1, 0.15) is 0 Å². The summed E-state index contributed by atoms with van der Waals surface area (Å²) in [5.41, 5.74) is -0.766. The van der Waals surface area contributed by atoms with E-state index in [2.05, 4.69) is 26.0 Å². The highest BCUT2D eigenvalue weighted by atomic mass is 33.1. The Bertz CT molecular complexity index is 510. The Kier molecular flexibility index (Phi) is 5.75. The van der Waals surface area contributed by atoms with Crippen LogP contribution in [0.2, 0.25) is 0 Å². The van der Waals surface area contributed by atoms with Crippen molar-refractivity contribution in [3.63, 3.8) is 0 Å². The summed E-state index contributed by atoms with van der Waals surface area (Å²) < 4.78 is 27.1. The molecule has 1 saturated carbocycles. The molecular weight excluding hydrogens is 342 g/mol. The largest absolute Gasteiger partial charge is 0.352 e. The fraction of sp³-hybridized carbons (Fsp3) is 0.923. The van der Waals surface area contributed by atoms with E-state index in [1.54, 1.807) is 13.8 Å². The molecule has 2 N–H and O–H groups in total. The highest BCUT2D eigenvalue weighted by Gasteiger charge is 2.44. The summed E-state index contributed by atoms with van der Waals surface area (Å²) in [6, 6.07) is 0.196. The van der Waals surface area contributed by atoms with E-state index in [-0.39, 0.29) is 18.5 Å². The minimum Gasteiger partial charge on any atom is -0.352 e. The number of nitrogens with zero attached hydrogens (tertiary/aromatic N) is 1. The van der Waals surface area contributed by atoms with Crippen molar-refractivity contribution < 1.29 is 13.2 Å². The van der Waals surface area contributed by atoms with E-state index >= 15 is 0 Å². The minimum atomic E-state index is -3.29. The Hall–Kier alpha value is 0.0400. The maximum atomic E-state index is 12.5. The quantitative estimate of drug-likeness (QED) is 0.369. The van der Waals surface area contributed by atoms with Gasteiger partial charge in [-0.15, -0.1) is 0 Å². The summed E-state index contributed by atoms with van der Waals surface area (Å²) >= 11 is 4.26. The van der Waals surface area contributed by atoms with E-state index in [0.29, 0.717) is 11.8 Å². The number of carbonyl (C=O) groups excluding carboxylic acids is 1. The molecule has 3 atom stereocenters. The molecule has 2 fully saturated rings. The molecule has 0 aromatic rings. The molecule has 1 amide bonds. The van der Waals surface area contributed by atoms with Crippen LogP contribution in [0.5, 0.6) is 0 Å². The highest BCUT2D eigenvalue weighted by molar-refractivity contribution is 8.67. The molecule has 1 aliphatic carbocycles. The summed E-state index contributed by atoms with van der Waals surface area (Å²) in [6.45, 7) is 5.52. The van der Waals surface area contributed by atoms with Crippen molar-refractivity contribution in [1.29, 1.82) is 0 Å². The van der Waals surface area contributed by atoms with Crippen LogP contribution >= 0.6 is 22.6 Å². The van der Waals surface area contributed by atoms with E-state index in [0.717, 1.165) is 32.2 Å². The SMILES string of the molecule is CC(C)(CNS(C)(=O)=O)C(=O)N[C@@H]1[C@@H]2CC[C@H]1CN(SS)C2. The molecule has 0 aromatic heterocycles. The topological polar surface area (TPSA) is 78.5 Å². The number of nitrogens with one attached hydrogen (secondary N) is 2. The number of fused-ring (bicyclic) bond motifs is 2. The van der Waals surface area contributed by atoms with E-state index < -0.39 is 15.4 Å². The van der Waals surface area contributed by atoms with Crippen LogP contribution in [-0.4, -0.2) is 50.6 Å². The Morgan fingerprint density at radius 2 is 1.86 bits per heavy atom. The molecule has 2 rings (SSSR count). The van der Waals surface area contributed by atoms with Gasteiger partial charge in [-0.3, -0.25) is 4.79 Å². The third-order valence-corrected chi connectivity index (χ3v) is 6.50. The summed E-state index contributed by atoms with van der Waals surface area (Å²) in [4.78, 5) is 12.5. The van der Waals surface area contributed by atoms with Gasteiger partial charge in [0.05, 0.1) is 11.7 Å². The number of piperidine rings is 1. The maximum Gasteiger partial charge on any atom is 0.227 e. The smallest absolute Gasteiger partial charge is 0.227 e. The average molecular weight is 368 g/mol. The lowest BCUT2D eigenvalue weighted by Crippen LogP contribution is -2.55. The molecule has 2 aliphatic rings. The number of rotatable bonds is 6. The standard InChI is InChI=1S/C13H25N3O3S3/c1-13(2,8-14-22(3,18)19)12(17)15-11-9-4-5-10(11)7-16(6-9)21-20/h9-11,14,20H,4-8H2,1-3H3,(H,15,17)/t9-,10+,11-. The summed E-state index contributed by atoms with van der Waals surface area (Å²) in [5, 5.41) is 3.17. The van der Waals surface area contributed by atoms with Crippen LogP contribution in [0.1, 0.15) is 26.7 Å². The first kappa shape index (κ1) is 18.4. The predicted octanol–water partition coefficient (Wildman–Crippen LogP) is 0.881. The Labute approximate surface area is 142 Å². The molecule has 9 heteroatoms. The molecule has 1 saturated heterocycles. The zero-order valence-corrected chi connectivity index (χ0v) is 15.7. The fourth-order valence-corrected chi connectivity index (χ4v) is 4.76. The van der Waals surface area contributed by atoms with E-state index in [4.69, 9.17) is 0 Å². The maximum absolute atomic E-state index is 12.5. The van der Waals surface area contributed by atoms with Crippen molar-refractivity contribution in [3.05, 3.63) is 0 Å². The molecule has 0 spiro atoms. The van der Waals surface area contributed by atoms with Gasteiger partial charge in [0.2, 0.25) is 15.9 Å². The lowest BCUT2D eigenvalue weighted by Gasteiger charge is -2.38. The summed E-state index contributed by atoms with van der Waals surface area (Å²) in [6.07, 6.45) is 3.36. The van der Waals surface area contributed by atoms with Crippen molar-refractivity contribution in [1.82, 2.24) is 14.3 Å². The molecule has 0 aromatic carbocycles. The van der Waals surface area contributed by atoms with Gasteiger partial charge in [-0.05, 0) is 49.5 Å². The zero-order chi connectivity index (χ0) is 16.5. The Morgan fingerprint density at radius 3 is 2.32 bits per heavy atom. The fourth-order valence-electron chi connectivity index (χ4n) is 3.22. The van der Waals surface area contributed by atoms with Crippen LogP contribution in [0.4, 0.5) is 0 Å².